The van der Waals surface area contributed by atoms with Crippen LogP contribution in [0.4, 0.5) is 5.95 Å². The van der Waals surface area contributed by atoms with Crippen molar-refractivity contribution in [2.45, 2.75) is 39.8 Å². The molecule has 27 heavy (non-hydrogen) atoms. The van der Waals surface area contributed by atoms with Crippen LogP contribution in [-0.4, -0.2) is 55.0 Å². The lowest BCUT2D eigenvalue weighted by Crippen LogP contribution is -2.36. The summed E-state index contributed by atoms with van der Waals surface area (Å²) in [7, 11) is 0. The van der Waals surface area contributed by atoms with Gasteiger partial charge in [0, 0.05) is 38.1 Å². The molecular weight excluding hydrogens is 420 g/mol. The number of nitrogens with two attached hydrogens (primary N) is 1. The monoisotopic (exact) mass is 444 g/mol. The van der Waals surface area contributed by atoms with Gasteiger partial charge in [0.05, 0.1) is 6.61 Å². The van der Waals surface area contributed by atoms with E-state index in [0.29, 0.717) is 23.3 Å². The minimum Gasteiger partial charge on any atom is -0.396 e. The molecule has 0 fully saturated rings. The Kier molecular flexibility index (Phi) is 6.95. The molecule has 0 aliphatic heterocycles. The van der Waals surface area contributed by atoms with Crippen LogP contribution in [0.15, 0.2) is 9.53 Å². The molecule has 1 amide bonds. The number of imidazole rings is 1. The first-order valence-electron chi connectivity index (χ1n) is 8.60. The number of aliphatic hydroxyl groups is 2. The highest BCUT2D eigenvalue weighted by molar-refractivity contribution is 9.10. The van der Waals surface area contributed by atoms with Crippen molar-refractivity contribution in [2.75, 3.05) is 25.5 Å². The molecule has 2 rings (SSSR count). The van der Waals surface area contributed by atoms with Gasteiger partial charge in [-0.3, -0.25) is 14.2 Å². The standard InChI is InChI=1S/C16H25BrN6O4/c1-16(2,9-25)8-19-10(26)4-3-5-23-13(27)11-12(21-15(23)18)22(6-7-24)14(17)20-11/h24-25H,3-9H2,1-2H3,(H2,18,21)(H,19,26). The molecule has 0 saturated carbocycles. The zero-order valence-electron chi connectivity index (χ0n) is 15.4. The SMILES string of the molecule is CC(C)(CO)CNC(=O)CCCn1c(N)nc2c(nc(Br)n2CCO)c1=O. The second-order valence-electron chi connectivity index (χ2n) is 7.06. The molecule has 5 N–H and O–H groups in total. The van der Waals surface area contributed by atoms with Gasteiger partial charge in [-0.25, -0.2) is 4.98 Å². The predicted octanol–water partition coefficient (Wildman–Crippen LogP) is -0.155. The van der Waals surface area contributed by atoms with Crippen LogP contribution in [0.3, 0.4) is 0 Å². The Morgan fingerprint density at radius 2 is 1.96 bits per heavy atom. The van der Waals surface area contributed by atoms with Gasteiger partial charge < -0.3 is 25.8 Å². The molecular formula is C16H25BrN6O4. The van der Waals surface area contributed by atoms with Gasteiger partial charge in [0.15, 0.2) is 15.9 Å². The van der Waals surface area contributed by atoms with Crippen molar-refractivity contribution in [3.63, 3.8) is 0 Å². The maximum Gasteiger partial charge on any atom is 0.283 e. The van der Waals surface area contributed by atoms with Gasteiger partial charge in [0.25, 0.3) is 5.56 Å². The molecule has 0 aliphatic rings. The lowest BCUT2D eigenvalue weighted by molar-refractivity contribution is -0.121. The van der Waals surface area contributed by atoms with Gasteiger partial charge >= 0.3 is 0 Å². The third kappa shape index (κ3) is 5.05. The first kappa shape index (κ1) is 21.3. The van der Waals surface area contributed by atoms with E-state index in [2.05, 4.69) is 31.2 Å². The highest BCUT2D eigenvalue weighted by Crippen LogP contribution is 2.17. The lowest BCUT2D eigenvalue weighted by Gasteiger charge is -2.21. The Bertz CT molecular complexity index is 876. The maximum absolute atomic E-state index is 12.6. The van der Waals surface area contributed by atoms with Gasteiger partial charge in [0.2, 0.25) is 11.9 Å². The zero-order valence-corrected chi connectivity index (χ0v) is 17.0. The van der Waals surface area contributed by atoms with Crippen LogP contribution < -0.4 is 16.6 Å². The average molecular weight is 445 g/mol. The largest absolute Gasteiger partial charge is 0.396 e. The number of hydrogen-bond acceptors (Lipinski definition) is 7. The van der Waals surface area contributed by atoms with Gasteiger partial charge in [0.1, 0.15) is 0 Å². The number of amides is 1. The van der Waals surface area contributed by atoms with E-state index in [9.17, 15) is 14.7 Å². The third-order valence-electron chi connectivity index (χ3n) is 4.14. The molecule has 0 spiro atoms. The molecule has 0 aromatic carbocycles. The normalized spacial score (nSPS) is 11.9. The minimum atomic E-state index is -0.392. The van der Waals surface area contributed by atoms with Crippen LogP contribution in [-0.2, 0) is 17.9 Å². The fourth-order valence-corrected chi connectivity index (χ4v) is 2.99. The molecule has 11 heteroatoms. The van der Waals surface area contributed by atoms with Gasteiger partial charge in [-0.2, -0.15) is 4.98 Å². The van der Waals surface area contributed by atoms with E-state index in [1.54, 1.807) is 4.57 Å². The molecule has 0 radical (unpaired) electrons. The van der Waals surface area contributed by atoms with Crippen LogP contribution in [0, 0.1) is 5.41 Å². The number of rotatable bonds is 9. The Hall–Kier alpha value is -1.98. The van der Waals surface area contributed by atoms with Gasteiger partial charge in [-0.15, -0.1) is 0 Å². The van der Waals surface area contributed by atoms with Crippen molar-refractivity contribution < 1.29 is 15.0 Å². The highest BCUT2D eigenvalue weighted by Gasteiger charge is 2.19. The minimum absolute atomic E-state index is 0.0244. The van der Waals surface area contributed by atoms with Gasteiger partial charge in [-0.05, 0) is 22.4 Å². The van der Waals surface area contributed by atoms with Crippen molar-refractivity contribution in [3.8, 4) is 0 Å². The van der Waals surface area contributed by atoms with Crippen LogP contribution in [0.1, 0.15) is 26.7 Å². The number of nitrogen functional groups attached to an aromatic ring is 1. The molecule has 2 aromatic rings. The Morgan fingerprint density at radius 1 is 1.26 bits per heavy atom. The van der Waals surface area contributed by atoms with Crippen LogP contribution in [0.25, 0.3) is 11.2 Å². The first-order valence-corrected chi connectivity index (χ1v) is 9.40. The summed E-state index contributed by atoms with van der Waals surface area (Å²) in [5.41, 5.74) is 5.60. The van der Waals surface area contributed by atoms with E-state index < -0.39 is 5.56 Å². The molecule has 0 unspecified atom stereocenters. The number of carbonyl (C=O) groups is 1. The maximum atomic E-state index is 12.6. The Balaban J connectivity index is 2.07. The van der Waals surface area contributed by atoms with Crippen LogP contribution >= 0.6 is 15.9 Å². The van der Waals surface area contributed by atoms with Crippen molar-refractivity contribution in [1.29, 1.82) is 0 Å². The summed E-state index contributed by atoms with van der Waals surface area (Å²) in [6.07, 6.45) is 0.620. The topological polar surface area (TPSA) is 148 Å². The molecule has 2 aromatic heterocycles. The second kappa shape index (κ2) is 8.81. The summed E-state index contributed by atoms with van der Waals surface area (Å²) in [4.78, 5) is 33.0. The average Bonchev–Trinajstić information content (AvgIpc) is 2.93. The van der Waals surface area contributed by atoms with Crippen LogP contribution in [0.5, 0.6) is 0 Å². The van der Waals surface area contributed by atoms with E-state index in [-0.39, 0.29) is 55.5 Å². The van der Waals surface area contributed by atoms with Crippen molar-refractivity contribution in [3.05, 3.63) is 15.1 Å². The van der Waals surface area contributed by atoms with E-state index >= 15 is 0 Å². The molecule has 10 nitrogen and oxygen atoms in total. The quantitative estimate of drug-likeness (QED) is 0.392. The summed E-state index contributed by atoms with van der Waals surface area (Å²) in [6.45, 7) is 4.38. The summed E-state index contributed by atoms with van der Waals surface area (Å²) < 4.78 is 3.24. The van der Waals surface area contributed by atoms with Crippen LogP contribution in [0.2, 0.25) is 0 Å². The summed E-state index contributed by atoms with van der Waals surface area (Å²) in [5, 5.41) is 21.1. The number of hydrogen-bond donors (Lipinski definition) is 4. The molecule has 0 aliphatic carbocycles. The fourth-order valence-electron chi connectivity index (χ4n) is 2.47. The molecule has 150 valence electrons. The van der Waals surface area contributed by atoms with E-state index in [4.69, 9.17) is 10.8 Å². The molecule has 0 atom stereocenters. The summed E-state index contributed by atoms with van der Waals surface area (Å²) in [6, 6.07) is 0. The van der Waals surface area contributed by atoms with Crippen molar-refractivity contribution >= 4 is 38.9 Å². The summed E-state index contributed by atoms with van der Waals surface area (Å²) >= 11 is 3.25. The number of fused-ring (bicyclic) bond motifs is 1. The number of aromatic nitrogens is 4. The van der Waals surface area contributed by atoms with E-state index in [1.165, 1.54) is 4.57 Å². The smallest absolute Gasteiger partial charge is 0.283 e. The first-order chi connectivity index (χ1) is 12.7. The number of aliphatic hydroxyl groups excluding tert-OH is 2. The lowest BCUT2D eigenvalue weighted by atomic mass is 9.95. The van der Waals surface area contributed by atoms with E-state index in [0.717, 1.165) is 0 Å². The predicted molar refractivity (Wildman–Crippen MR) is 104 cm³/mol. The number of anilines is 1. The Morgan fingerprint density at radius 3 is 2.59 bits per heavy atom. The number of carbonyl (C=O) groups excluding carboxylic acids is 1. The molecule has 0 saturated heterocycles. The third-order valence-corrected chi connectivity index (χ3v) is 4.75. The van der Waals surface area contributed by atoms with E-state index in [1.807, 2.05) is 13.8 Å². The van der Waals surface area contributed by atoms with Crippen molar-refractivity contribution in [1.82, 2.24) is 24.4 Å². The Labute approximate surface area is 164 Å². The fraction of sp³-hybridized carbons (Fsp3) is 0.625. The summed E-state index contributed by atoms with van der Waals surface area (Å²) in [5.74, 6) is -0.131. The van der Waals surface area contributed by atoms with Gasteiger partial charge in [-0.1, -0.05) is 13.8 Å². The number of nitrogens with zero attached hydrogens (tertiary/aromatic N) is 4. The molecule has 0 bridgehead atoms. The zero-order chi connectivity index (χ0) is 20.2. The second-order valence-corrected chi connectivity index (χ2v) is 7.77. The van der Waals surface area contributed by atoms with Crippen molar-refractivity contribution in [2.24, 2.45) is 5.41 Å². The molecule has 2 heterocycles. The number of halogens is 1. The number of nitrogens with one attached hydrogen (secondary N) is 1. The highest BCUT2D eigenvalue weighted by atomic mass is 79.9.